The number of hydrogen-bond acceptors (Lipinski definition) is 4. The predicted octanol–water partition coefficient (Wildman–Crippen LogP) is 2.40. The van der Waals surface area contributed by atoms with Crippen molar-refractivity contribution < 1.29 is 14.4 Å². The molecule has 1 N–H and O–H groups in total. The van der Waals surface area contributed by atoms with Gasteiger partial charge < -0.3 is 10.2 Å². The van der Waals surface area contributed by atoms with Crippen LogP contribution >= 0.6 is 0 Å². The highest BCUT2D eigenvalue weighted by molar-refractivity contribution is 6.21. The molecule has 0 aromatic heterocycles. The second-order valence-corrected chi connectivity index (χ2v) is 7.25. The first-order valence-electron chi connectivity index (χ1n) is 9.33. The normalized spacial score (nSPS) is 14.4. The van der Waals surface area contributed by atoms with E-state index in [1.165, 1.54) is 5.56 Å². The zero-order valence-electron chi connectivity index (χ0n) is 16.4. The lowest BCUT2D eigenvalue weighted by molar-refractivity contribution is -0.121. The van der Waals surface area contributed by atoms with Gasteiger partial charge in [-0.1, -0.05) is 42.0 Å². The lowest BCUT2D eigenvalue weighted by Gasteiger charge is -2.25. The summed E-state index contributed by atoms with van der Waals surface area (Å²) in [6, 6.07) is 15.0. The average molecular weight is 379 g/mol. The molecule has 0 unspecified atom stereocenters. The number of aryl methyl sites for hydroxylation is 1. The molecule has 1 heterocycles. The van der Waals surface area contributed by atoms with E-state index >= 15 is 0 Å². The van der Waals surface area contributed by atoms with Crippen LogP contribution < -0.4 is 5.32 Å². The van der Waals surface area contributed by atoms with Crippen LogP contribution in [0, 0.1) is 6.92 Å². The van der Waals surface area contributed by atoms with Gasteiger partial charge in [0.1, 0.15) is 0 Å². The van der Waals surface area contributed by atoms with E-state index < -0.39 is 0 Å². The van der Waals surface area contributed by atoms with Crippen molar-refractivity contribution in [1.82, 2.24) is 15.1 Å². The first kappa shape index (κ1) is 19.8. The Labute approximate surface area is 165 Å². The summed E-state index contributed by atoms with van der Waals surface area (Å²) in [6.45, 7) is 2.57. The Bertz CT molecular complexity index is 855. The van der Waals surface area contributed by atoms with Gasteiger partial charge in [0.25, 0.3) is 11.8 Å². The average Bonchev–Trinajstić information content (AvgIpc) is 2.92. The number of rotatable bonds is 7. The number of likely N-dealkylation sites (N-methyl/N-ethyl adjacent to an activating group) is 1. The van der Waals surface area contributed by atoms with Gasteiger partial charge in [0.05, 0.1) is 17.2 Å². The Morgan fingerprint density at radius 1 is 1.00 bits per heavy atom. The summed E-state index contributed by atoms with van der Waals surface area (Å²) < 4.78 is 0. The number of carbonyl (C=O) groups excluding carboxylic acids is 3. The molecule has 6 heteroatoms. The molecule has 1 aliphatic heterocycles. The summed E-state index contributed by atoms with van der Waals surface area (Å²) in [5.74, 6) is -0.853. The van der Waals surface area contributed by atoms with Gasteiger partial charge in [0.15, 0.2) is 0 Å². The largest absolute Gasteiger partial charge is 0.354 e. The Kier molecular flexibility index (Phi) is 5.90. The van der Waals surface area contributed by atoms with E-state index in [4.69, 9.17) is 0 Å². The van der Waals surface area contributed by atoms with Crippen molar-refractivity contribution in [1.29, 1.82) is 0 Å². The molecule has 0 spiro atoms. The zero-order valence-corrected chi connectivity index (χ0v) is 16.4. The summed E-state index contributed by atoms with van der Waals surface area (Å²) in [4.78, 5) is 40.2. The summed E-state index contributed by atoms with van der Waals surface area (Å²) in [5, 5.41) is 2.92. The van der Waals surface area contributed by atoms with Crippen LogP contribution in [-0.4, -0.2) is 54.7 Å². The fourth-order valence-electron chi connectivity index (χ4n) is 3.34. The van der Waals surface area contributed by atoms with E-state index in [0.717, 1.165) is 10.5 Å². The third kappa shape index (κ3) is 4.12. The van der Waals surface area contributed by atoms with E-state index in [2.05, 4.69) is 34.5 Å². The number of carbonyl (C=O) groups is 3. The topological polar surface area (TPSA) is 69.7 Å². The summed E-state index contributed by atoms with van der Waals surface area (Å²) in [6.07, 6.45) is 0.0829. The van der Waals surface area contributed by atoms with Crippen LogP contribution in [0.5, 0.6) is 0 Å². The molecule has 0 bridgehead atoms. The zero-order chi connectivity index (χ0) is 20.3. The van der Waals surface area contributed by atoms with Crippen molar-refractivity contribution in [2.45, 2.75) is 19.4 Å². The number of hydrogen-bond donors (Lipinski definition) is 1. The van der Waals surface area contributed by atoms with Gasteiger partial charge in [0, 0.05) is 19.5 Å². The fourth-order valence-corrected chi connectivity index (χ4v) is 3.34. The van der Waals surface area contributed by atoms with Crippen molar-refractivity contribution >= 4 is 17.7 Å². The maximum atomic E-state index is 12.4. The van der Waals surface area contributed by atoms with Crippen LogP contribution in [-0.2, 0) is 4.79 Å². The fraction of sp³-hybridized carbons (Fsp3) is 0.318. The minimum atomic E-state index is -0.334. The number of benzene rings is 2. The summed E-state index contributed by atoms with van der Waals surface area (Å²) >= 11 is 0. The van der Waals surface area contributed by atoms with E-state index in [1.807, 2.05) is 21.0 Å². The third-order valence-electron chi connectivity index (χ3n) is 5.02. The molecule has 3 rings (SSSR count). The van der Waals surface area contributed by atoms with Gasteiger partial charge in [-0.3, -0.25) is 19.3 Å². The van der Waals surface area contributed by atoms with Crippen molar-refractivity contribution in [2.24, 2.45) is 0 Å². The molecule has 146 valence electrons. The van der Waals surface area contributed by atoms with Crippen LogP contribution in [0.2, 0.25) is 0 Å². The molecule has 2 aromatic rings. The highest BCUT2D eigenvalue weighted by Gasteiger charge is 2.34. The van der Waals surface area contributed by atoms with Crippen LogP contribution in [0.25, 0.3) is 0 Å². The second-order valence-electron chi connectivity index (χ2n) is 7.25. The quantitative estimate of drug-likeness (QED) is 0.750. The maximum absolute atomic E-state index is 12.4. The van der Waals surface area contributed by atoms with E-state index in [9.17, 15) is 14.4 Å². The summed E-state index contributed by atoms with van der Waals surface area (Å²) in [7, 11) is 3.94. The molecule has 6 nitrogen and oxygen atoms in total. The van der Waals surface area contributed by atoms with Crippen molar-refractivity contribution in [2.75, 3.05) is 27.2 Å². The van der Waals surface area contributed by atoms with Crippen LogP contribution in [0.1, 0.15) is 44.3 Å². The third-order valence-corrected chi connectivity index (χ3v) is 5.02. The monoisotopic (exact) mass is 379 g/mol. The minimum Gasteiger partial charge on any atom is -0.354 e. The van der Waals surface area contributed by atoms with Gasteiger partial charge in [-0.15, -0.1) is 0 Å². The van der Waals surface area contributed by atoms with Gasteiger partial charge in [-0.2, -0.15) is 0 Å². The highest BCUT2D eigenvalue weighted by atomic mass is 16.2. The molecular formula is C22H25N3O3. The maximum Gasteiger partial charge on any atom is 0.261 e. The van der Waals surface area contributed by atoms with Gasteiger partial charge >= 0.3 is 0 Å². The Hall–Kier alpha value is -2.99. The molecule has 0 radical (unpaired) electrons. The molecule has 0 fully saturated rings. The number of amides is 3. The number of fused-ring (bicyclic) bond motifs is 1. The smallest absolute Gasteiger partial charge is 0.261 e. The Balaban J connectivity index is 1.55. The number of nitrogens with one attached hydrogen (secondary N) is 1. The first-order valence-corrected chi connectivity index (χ1v) is 9.33. The van der Waals surface area contributed by atoms with Crippen molar-refractivity contribution in [3.8, 4) is 0 Å². The number of nitrogens with zero attached hydrogens (tertiary/aromatic N) is 2. The van der Waals surface area contributed by atoms with Gasteiger partial charge in [0.2, 0.25) is 5.91 Å². The predicted molar refractivity (Wildman–Crippen MR) is 107 cm³/mol. The van der Waals surface area contributed by atoms with Crippen molar-refractivity contribution in [3.05, 3.63) is 70.8 Å². The van der Waals surface area contributed by atoms with Gasteiger partial charge in [-0.05, 0) is 38.7 Å². The molecular weight excluding hydrogens is 354 g/mol. The highest BCUT2D eigenvalue weighted by Crippen LogP contribution is 2.22. The molecule has 1 atom stereocenters. The van der Waals surface area contributed by atoms with E-state index in [-0.39, 0.29) is 36.7 Å². The van der Waals surface area contributed by atoms with Crippen molar-refractivity contribution in [3.63, 3.8) is 0 Å². The summed E-state index contributed by atoms with van der Waals surface area (Å²) in [5.41, 5.74) is 3.11. The lowest BCUT2D eigenvalue weighted by Crippen LogP contribution is -2.37. The van der Waals surface area contributed by atoms with Gasteiger partial charge in [-0.25, -0.2) is 0 Å². The molecule has 0 saturated carbocycles. The Morgan fingerprint density at radius 3 is 2.11 bits per heavy atom. The van der Waals surface area contributed by atoms with Crippen LogP contribution in [0.4, 0.5) is 0 Å². The SMILES string of the molecule is Cc1ccc([C@@H](CNC(=O)CCN2C(=O)c3ccccc3C2=O)N(C)C)cc1. The molecule has 3 amide bonds. The van der Waals surface area contributed by atoms with E-state index in [0.29, 0.717) is 17.7 Å². The Morgan fingerprint density at radius 2 is 1.57 bits per heavy atom. The minimum absolute atomic E-state index is 0.0452. The molecule has 1 aliphatic rings. The molecule has 0 saturated heterocycles. The van der Waals surface area contributed by atoms with Crippen LogP contribution in [0.15, 0.2) is 48.5 Å². The lowest BCUT2D eigenvalue weighted by atomic mass is 10.0. The molecule has 2 aromatic carbocycles. The molecule has 0 aliphatic carbocycles. The van der Waals surface area contributed by atoms with Crippen LogP contribution in [0.3, 0.4) is 0 Å². The first-order chi connectivity index (χ1) is 13.4. The number of imide groups is 1. The molecule has 28 heavy (non-hydrogen) atoms. The standard InChI is InChI=1S/C22H25N3O3/c1-15-8-10-16(11-9-15)19(24(2)3)14-23-20(26)12-13-25-21(27)17-6-4-5-7-18(17)22(25)28/h4-11,19H,12-14H2,1-3H3,(H,23,26)/t19-/m1/s1. The van der Waals surface area contributed by atoms with E-state index in [1.54, 1.807) is 24.3 Å². The second kappa shape index (κ2) is 8.35.